The SMILES string of the molecule is CCCCn1cnc(C(C(=O)Nc2nccs2)N2Cc3c(F)cc(-c4ccc(N5CC6(CNC6)C5)cc4)cc3C2=O)c1. The van der Waals surface area contributed by atoms with E-state index in [0.29, 0.717) is 21.8 Å². The van der Waals surface area contributed by atoms with Crippen LogP contribution in [0.25, 0.3) is 11.1 Å². The number of aromatic nitrogens is 3. The Kier molecular flexibility index (Phi) is 6.78. The van der Waals surface area contributed by atoms with Gasteiger partial charge in [-0.3, -0.25) is 14.9 Å². The van der Waals surface area contributed by atoms with Crippen molar-refractivity contribution in [3.8, 4) is 11.1 Å². The van der Waals surface area contributed by atoms with Crippen LogP contribution >= 0.6 is 11.3 Å². The number of nitrogens with one attached hydrogen (secondary N) is 2. The number of benzene rings is 2. The van der Waals surface area contributed by atoms with Crippen LogP contribution in [-0.4, -0.2) is 57.4 Å². The summed E-state index contributed by atoms with van der Waals surface area (Å²) in [5.74, 6) is -1.30. The van der Waals surface area contributed by atoms with E-state index in [4.69, 9.17) is 0 Å². The van der Waals surface area contributed by atoms with Gasteiger partial charge in [0.25, 0.3) is 11.8 Å². The maximum atomic E-state index is 15.6. The molecule has 2 saturated heterocycles. The predicted molar refractivity (Wildman–Crippen MR) is 160 cm³/mol. The summed E-state index contributed by atoms with van der Waals surface area (Å²) in [6.45, 7) is 7.09. The van der Waals surface area contributed by atoms with Crippen molar-refractivity contribution < 1.29 is 14.0 Å². The zero-order chi connectivity index (χ0) is 28.8. The average molecular weight is 586 g/mol. The van der Waals surface area contributed by atoms with Gasteiger partial charge in [-0.15, -0.1) is 11.3 Å². The molecule has 42 heavy (non-hydrogen) atoms. The third-order valence-corrected chi connectivity index (χ3v) is 9.25. The molecule has 1 spiro atoms. The van der Waals surface area contributed by atoms with Crippen LogP contribution in [0.2, 0.25) is 0 Å². The number of carbonyl (C=O) groups is 2. The zero-order valence-corrected chi connectivity index (χ0v) is 24.2. The van der Waals surface area contributed by atoms with Crippen molar-refractivity contribution in [3.63, 3.8) is 0 Å². The molecule has 9 nitrogen and oxygen atoms in total. The second kappa shape index (κ2) is 10.6. The van der Waals surface area contributed by atoms with Crippen molar-refractivity contribution in [2.75, 3.05) is 36.4 Å². The van der Waals surface area contributed by atoms with Crippen LogP contribution in [0.4, 0.5) is 15.2 Å². The number of halogens is 1. The second-order valence-electron chi connectivity index (χ2n) is 11.5. The number of thiazole rings is 1. The Bertz CT molecular complexity index is 1620. The van der Waals surface area contributed by atoms with E-state index in [-0.39, 0.29) is 17.7 Å². The number of imidazole rings is 1. The van der Waals surface area contributed by atoms with Gasteiger partial charge in [0.05, 0.1) is 18.6 Å². The number of rotatable bonds is 9. The lowest BCUT2D eigenvalue weighted by molar-refractivity contribution is -0.121. The van der Waals surface area contributed by atoms with Crippen molar-refractivity contribution >= 4 is 34.0 Å². The smallest absolute Gasteiger partial charge is 0.255 e. The van der Waals surface area contributed by atoms with Gasteiger partial charge in [0.2, 0.25) is 0 Å². The van der Waals surface area contributed by atoms with Crippen LogP contribution < -0.4 is 15.5 Å². The highest BCUT2D eigenvalue weighted by Gasteiger charge is 2.47. The summed E-state index contributed by atoms with van der Waals surface area (Å²) in [5.41, 5.74) is 4.03. The third kappa shape index (κ3) is 4.76. The van der Waals surface area contributed by atoms with Crippen LogP contribution in [0.5, 0.6) is 0 Å². The number of fused-ring (bicyclic) bond motifs is 1. The van der Waals surface area contributed by atoms with Crippen LogP contribution in [-0.2, 0) is 17.9 Å². The first-order valence-corrected chi connectivity index (χ1v) is 15.2. The molecule has 2 N–H and O–H groups in total. The molecule has 0 aliphatic carbocycles. The molecule has 3 aliphatic heterocycles. The van der Waals surface area contributed by atoms with E-state index in [1.807, 2.05) is 16.7 Å². The Morgan fingerprint density at radius 1 is 1.17 bits per heavy atom. The Labute approximate surface area is 247 Å². The lowest BCUT2D eigenvalue weighted by atomic mass is 9.74. The molecule has 2 aromatic heterocycles. The first-order chi connectivity index (χ1) is 20.4. The van der Waals surface area contributed by atoms with E-state index in [0.717, 1.165) is 56.8 Å². The molecule has 1 unspecified atom stereocenters. The van der Waals surface area contributed by atoms with E-state index in [1.54, 1.807) is 30.2 Å². The van der Waals surface area contributed by atoms with Crippen LogP contribution in [0.15, 0.2) is 60.5 Å². The van der Waals surface area contributed by atoms with Gasteiger partial charge >= 0.3 is 0 Å². The molecule has 0 radical (unpaired) electrons. The van der Waals surface area contributed by atoms with Gasteiger partial charge in [-0.05, 0) is 41.8 Å². The highest BCUT2D eigenvalue weighted by molar-refractivity contribution is 7.13. The predicted octanol–water partition coefficient (Wildman–Crippen LogP) is 4.69. The van der Waals surface area contributed by atoms with Crippen molar-refractivity contribution in [3.05, 3.63) is 83.1 Å². The molecule has 5 heterocycles. The fourth-order valence-electron chi connectivity index (χ4n) is 6.15. The van der Waals surface area contributed by atoms with Crippen LogP contribution in [0.3, 0.4) is 0 Å². The van der Waals surface area contributed by atoms with E-state index in [9.17, 15) is 9.59 Å². The van der Waals surface area contributed by atoms with Gasteiger partial charge in [-0.1, -0.05) is 25.5 Å². The summed E-state index contributed by atoms with van der Waals surface area (Å²) >= 11 is 1.29. The molecule has 2 fully saturated rings. The van der Waals surface area contributed by atoms with Gasteiger partial charge in [-0.2, -0.15) is 0 Å². The number of nitrogens with zero attached hydrogens (tertiary/aromatic N) is 5. The number of amides is 2. The molecule has 2 amide bonds. The summed E-state index contributed by atoms with van der Waals surface area (Å²) in [6.07, 6.45) is 7.05. The van der Waals surface area contributed by atoms with Crippen LogP contribution in [0, 0.1) is 11.2 Å². The Morgan fingerprint density at radius 2 is 1.98 bits per heavy atom. The van der Waals surface area contributed by atoms with E-state index < -0.39 is 23.7 Å². The van der Waals surface area contributed by atoms with Crippen molar-refractivity contribution in [2.45, 2.75) is 38.9 Å². The standard InChI is InChI=1S/C31H32FN7O2S/c1-2-3-9-37-14-26(35-19-37)27(28(40)36-30-34-8-10-42-30)39-13-24-23(29(39)41)11-21(12-25(24)32)20-4-6-22(7-5-20)38-17-31(18-38)15-33-16-31/h4-8,10-12,14,19,27,33H,2-3,9,13,15-18H2,1H3,(H,34,36,40). The zero-order valence-electron chi connectivity index (χ0n) is 23.3. The number of hydrogen-bond donors (Lipinski definition) is 2. The second-order valence-corrected chi connectivity index (χ2v) is 12.4. The van der Waals surface area contributed by atoms with Gasteiger partial charge in [0.15, 0.2) is 11.2 Å². The Balaban J connectivity index is 1.15. The minimum atomic E-state index is -1.04. The van der Waals surface area contributed by atoms with Crippen molar-refractivity contribution in [1.29, 1.82) is 0 Å². The van der Waals surface area contributed by atoms with Crippen LogP contribution in [0.1, 0.15) is 47.4 Å². The lowest BCUT2D eigenvalue weighted by Gasteiger charge is -2.57. The Morgan fingerprint density at radius 3 is 2.67 bits per heavy atom. The molecule has 0 bridgehead atoms. The molecule has 2 aromatic carbocycles. The highest BCUT2D eigenvalue weighted by atomic mass is 32.1. The van der Waals surface area contributed by atoms with Gasteiger partial charge in [0, 0.05) is 72.7 Å². The summed E-state index contributed by atoms with van der Waals surface area (Å²) < 4.78 is 17.5. The fraction of sp³-hybridized carbons (Fsp3) is 0.355. The maximum Gasteiger partial charge on any atom is 0.255 e. The van der Waals surface area contributed by atoms with Crippen molar-refractivity contribution in [2.24, 2.45) is 5.41 Å². The topological polar surface area (TPSA) is 95.4 Å². The number of hydrogen-bond acceptors (Lipinski definition) is 7. The monoisotopic (exact) mass is 585 g/mol. The normalized spacial score (nSPS) is 17.6. The first-order valence-electron chi connectivity index (χ1n) is 14.3. The maximum absolute atomic E-state index is 15.6. The minimum Gasteiger partial charge on any atom is -0.370 e. The average Bonchev–Trinajstić information content (AvgIpc) is 3.69. The molecule has 3 aliphatic rings. The summed E-state index contributed by atoms with van der Waals surface area (Å²) in [4.78, 5) is 39.8. The molecule has 7 rings (SSSR count). The number of aryl methyl sites for hydroxylation is 1. The van der Waals surface area contributed by atoms with Gasteiger partial charge in [0.1, 0.15) is 5.82 Å². The molecular weight excluding hydrogens is 553 g/mol. The summed E-state index contributed by atoms with van der Waals surface area (Å²) in [6, 6.07) is 10.3. The third-order valence-electron chi connectivity index (χ3n) is 8.56. The molecule has 11 heteroatoms. The largest absolute Gasteiger partial charge is 0.370 e. The molecule has 216 valence electrons. The lowest BCUT2D eigenvalue weighted by Crippen LogP contribution is -2.71. The quantitative estimate of drug-likeness (QED) is 0.296. The van der Waals surface area contributed by atoms with Gasteiger partial charge < -0.3 is 19.7 Å². The molecular formula is C31H32FN7O2S. The highest BCUT2D eigenvalue weighted by Crippen LogP contribution is 2.39. The molecule has 1 atom stereocenters. The molecule has 4 aromatic rings. The van der Waals surface area contributed by atoms with E-state index >= 15 is 4.39 Å². The summed E-state index contributed by atoms with van der Waals surface area (Å²) in [7, 11) is 0. The van der Waals surface area contributed by atoms with E-state index in [1.165, 1.54) is 22.3 Å². The molecule has 0 saturated carbocycles. The summed E-state index contributed by atoms with van der Waals surface area (Å²) in [5, 5.41) is 8.35. The number of anilines is 2. The van der Waals surface area contributed by atoms with Gasteiger partial charge in [-0.25, -0.2) is 14.4 Å². The van der Waals surface area contributed by atoms with Crippen molar-refractivity contribution in [1.82, 2.24) is 24.8 Å². The Hall–Kier alpha value is -4.09. The fourth-order valence-corrected chi connectivity index (χ4v) is 6.68. The number of carbonyl (C=O) groups excluding carboxylic acids is 2. The first kappa shape index (κ1) is 26.8. The minimum absolute atomic E-state index is 0.0252. The number of unbranched alkanes of at least 4 members (excludes halogenated alkanes) is 1. The van der Waals surface area contributed by atoms with E-state index in [2.05, 4.69) is 44.6 Å².